The Balaban J connectivity index is 3.92. The number of hydrogen-bond acceptors (Lipinski definition) is 1. The summed E-state index contributed by atoms with van der Waals surface area (Å²) in [5, 5.41) is -0.172. The van der Waals surface area contributed by atoms with E-state index < -0.39 is 0 Å². The maximum Gasteiger partial charge on any atom is 0.222 e. The van der Waals surface area contributed by atoms with Crippen LogP contribution in [-0.2, 0) is 4.79 Å². The third-order valence-corrected chi connectivity index (χ3v) is 1.41. The third-order valence-electron chi connectivity index (χ3n) is 1.26. The summed E-state index contributed by atoms with van der Waals surface area (Å²) < 4.78 is 0. The lowest BCUT2D eigenvalue weighted by Gasteiger charge is -1.96. The van der Waals surface area contributed by atoms with Crippen molar-refractivity contribution in [3.05, 3.63) is 11.1 Å². The van der Waals surface area contributed by atoms with E-state index in [1.807, 2.05) is 20.8 Å². The van der Waals surface area contributed by atoms with Gasteiger partial charge >= 0.3 is 0 Å². The van der Waals surface area contributed by atoms with Gasteiger partial charge in [-0.05, 0) is 33.4 Å². The van der Waals surface area contributed by atoms with Crippen LogP contribution in [-0.4, -0.2) is 5.12 Å². The van der Waals surface area contributed by atoms with E-state index in [0.29, 0.717) is 6.42 Å². The molecule has 0 aliphatic heterocycles. The van der Waals surface area contributed by atoms with Gasteiger partial charge in [0, 0.05) is 6.42 Å². The molecule has 0 bridgehead atoms. The van der Waals surface area contributed by atoms with Crippen molar-refractivity contribution in [1.29, 1.82) is 0 Å². The van der Waals surface area contributed by atoms with E-state index in [-0.39, 0.29) is 5.12 Å². The van der Waals surface area contributed by atoms with Crippen molar-refractivity contribution in [3.63, 3.8) is 0 Å². The second kappa shape index (κ2) is 3.62. The van der Waals surface area contributed by atoms with Crippen molar-refractivity contribution in [2.24, 2.45) is 0 Å². The molecule has 0 aromatic rings. The number of hydrogen-bond donors (Lipinski definition) is 0. The summed E-state index contributed by atoms with van der Waals surface area (Å²) in [6.07, 6.45) is 0.428. The van der Waals surface area contributed by atoms with Gasteiger partial charge in [-0.3, -0.25) is 4.79 Å². The first-order valence-electron chi connectivity index (χ1n) is 2.87. The second-order valence-corrected chi connectivity index (χ2v) is 2.78. The molecule has 0 unspecified atom stereocenters. The van der Waals surface area contributed by atoms with Crippen LogP contribution in [0.4, 0.5) is 0 Å². The van der Waals surface area contributed by atoms with Gasteiger partial charge in [-0.1, -0.05) is 11.1 Å². The highest BCUT2D eigenvalue weighted by Gasteiger charge is 1.97. The Morgan fingerprint density at radius 1 is 1.33 bits per heavy atom. The Labute approximate surface area is 61.6 Å². The highest BCUT2D eigenvalue weighted by molar-refractivity contribution is 7.96. The zero-order chi connectivity index (χ0) is 7.44. The molecule has 0 aliphatic rings. The lowest BCUT2D eigenvalue weighted by molar-refractivity contribution is -0.110. The summed E-state index contributed by atoms with van der Waals surface area (Å²) in [6, 6.07) is 0. The molecule has 0 aliphatic carbocycles. The Morgan fingerprint density at radius 2 is 1.78 bits per heavy atom. The molecule has 0 N–H and O–H groups in total. The maximum absolute atomic E-state index is 10.3. The fraction of sp³-hybridized carbons (Fsp3) is 0.571. The quantitative estimate of drug-likeness (QED) is 0.543. The van der Waals surface area contributed by atoms with Crippen LogP contribution in [0.3, 0.4) is 0 Å². The van der Waals surface area contributed by atoms with Gasteiger partial charge in [-0.2, -0.15) is 0 Å². The van der Waals surface area contributed by atoms with Gasteiger partial charge < -0.3 is 0 Å². The lowest BCUT2D eigenvalue weighted by Crippen LogP contribution is -1.88. The van der Waals surface area contributed by atoms with Crippen molar-refractivity contribution >= 4 is 17.7 Å². The van der Waals surface area contributed by atoms with E-state index in [0.717, 1.165) is 5.57 Å². The first-order chi connectivity index (χ1) is 4.04. The van der Waals surface area contributed by atoms with Crippen LogP contribution in [0.2, 0.25) is 0 Å². The molecule has 2 heteroatoms. The molecule has 0 amide bonds. The molecule has 1 radical (unpaired) electrons. The van der Waals surface area contributed by atoms with Gasteiger partial charge in [0.05, 0.1) is 0 Å². The minimum atomic E-state index is -0.172. The Hall–Kier alpha value is -0.370. The highest BCUT2D eigenvalue weighted by atomic mass is 32.1. The van der Waals surface area contributed by atoms with E-state index in [2.05, 4.69) is 12.6 Å². The van der Waals surface area contributed by atoms with E-state index in [4.69, 9.17) is 0 Å². The minimum Gasteiger partial charge on any atom is -0.282 e. The topological polar surface area (TPSA) is 17.1 Å². The molecule has 0 aromatic heterocycles. The van der Waals surface area contributed by atoms with E-state index in [1.165, 1.54) is 5.57 Å². The molecule has 0 spiro atoms. The maximum atomic E-state index is 10.3. The molecule has 0 saturated heterocycles. The first-order valence-corrected chi connectivity index (χ1v) is 3.27. The zero-order valence-corrected chi connectivity index (χ0v) is 6.84. The van der Waals surface area contributed by atoms with Crippen LogP contribution in [0, 0.1) is 0 Å². The van der Waals surface area contributed by atoms with Crippen LogP contribution in [0.25, 0.3) is 0 Å². The number of rotatable bonds is 2. The Bertz CT molecular complexity index is 143. The Kier molecular flexibility index (Phi) is 3.47. The smallest absolute Gasteiger partial charge is 0.222 e. The molecule has 51 valence electrons. The van der Waals surface area contributed by atoms with Crippen molar-refractivity contribution in [2.45, 2.75) is 27.2 Å². The van der Waals surface area contributed by atoms with E-state index >= 15 is 0 Å². The molecular weight excluding hydrogens is 132 g/mol. The zero-order valence-electron chi connectivity index (χ0n) is 6.02. The number of carbonyl (C=O) groups excluding carboxylic acids is 1. The molecule has 9 heavy (non-hydrogen) atoms. The van der Waals surface area contributed by atoms with Gasteiger partial charge in [0.15, 0.2) is 0 Å². The normalized spacial score (nSPS) is 8.78. The minimum absolute atomic E-state index is 0.172. The molecule has 0 fully saturated rings. The number of allylic oxidation sites excluding steroid dienone is 2. The summed E-state index contributed by atoms with van der Waals surface area (Å²) in [4.78, 5) is 10.3. The monoisotopic (exact) mass is 143 g/mol. The fourth-order valence-corrected chi connectivity index (χ4v) is 0.610. The van der Waals surface area contributed by atoms with Crippen molar-refractivity contribution in [1.82, 2.24) is 0 Å². The largest absolute Gasteiger partial charge is 0.282 e. The van der Waals surface area contributed by atoms with Crippen LogP contribution < -0.4 is 0 Å². The average molecular weight is 143 g/mol. The standard InChI is InChI=1S/C7H11OS/c1-5(2)6(3)4-7(8)9/h4H2,1-3H3. The van der Waals surface area contributed by atoms with Crippen LogP contribution in [0.5, 0.6) is 0 Å². The number of carbonyl (C=O) groups is 1. The van der Waals surface area contributed by atoms with Crippen molar-refractivity contribution in [2.75, 3.05) is 0 Å². The van der Waals surface area contributed by atoms with Gasteiger partial charge in [-0.25, -0.2) is 0 Å². The lowest BCUT2D eigenvalue weighted by atomic mass is 10.1. The summed E-state index contributed by atoms with van der Waals surface area (Å²) in [5.74, 6) is 0. The predicted octanol–water partition coefficient (Wildman–Crippen LogP) is 2.46. The second-order valence-electron chi connectivity index (χ2n) is 2.33. The van der Waals surface area contributed by atoms with Gasteiger partial charge in [0.2, 0.25) is 5.12 Å². The predicted molar refractivity (Wildman–Crippen MR) is 41.3 cm³/mol. The summed E-state index contributed by atoms with van der Waals surface area (Å²) in [6.45, 7) is 5.89. The molecule has 0 atom stereocenters. The molecule has 0 aromatic carbocycles. The van der Waals surface area contributed by atoms with Gasteiger partial charge in [-0.15, -0.1) is 0 Å². The Morgan fingerprint density at radius 3 is 1.89 bits per heavy atom. The van der Waals surface area contributed by atoms with E-state index in [9.17, 15) is 4.79 Å². The SMILES string of the molecule is CC(C)=C(C)CC(=O)[S]. The molecular formula is C7H11OS. The highest BCUT2D eigenvalue weighted by Crippen LogP contribution is 2.07. The summed E-state index contributed by atoms with van der Waals surface area (Å²) in [5.41, 5.74) is 2.28. The third kappa shape index (κ3) is 4.15. The van der Waals surface area contributed by atoms with Crippen molar-refractivity contribution < 1.29 is 4.79 Å². The van der Waals surface area contributed by atoms with Crippen LogP contribution in [0.15, 0.2) is 11.1 Å². The van der Waals surface area contributed by atoms with Crippen LogP contribution in [0.1, 0.15) is 27.2 Å². The van der Waals surface area contributed by atoms with Crippen LogP contribution >= 0.6 is 12.6 Å². The molecule has 0 saturated carbocycles. The van der Waals surface area contributed by atoms with Gasteiger partial charge in [0.25, 0.3) is 0 Å². The first kappa shape index (κ1) is 8.63. The summed E-state index contributed by atoms with van der Waals surface area (Å²) in [7, 11) is 0. The fourth-order valence-electron chi connectivity index (χ4n) is 0.393. The molecule has 0 heterocycles. The molecule has 1 nitrogen and oxygen atoms in total. The van der Waals surface area contributed by atoms with E-state index in [1.54, 1.807) is 0 Å². The van der Waals surface area contributed by atoms with Gasteiger partial charge in [0.1, 0.15) is 0 Å². The average Bonchev–Trinajstić information content (AvgIpc) is 1.63. The molecule has 0 rings (SSSR count). The summed E-state index contributed by atoms with van der Waals surface area (Å²) >= 11 is 4.40. The van der Waals surface area contributed by atoms with Crippen molar-refractivity contribution in [3.8, 4) is 0 Å².